The fourth-order valence-corrected chi connectivity index (χ4v) is 4.85. The first-order chi connectivity index (χ1) is 19.8. The molecule has 3 N–H and O–H groups in total. The lowest BCUT2D eigenvalue weighted by Gasteiger charge is -2.20. The summed E-state index contributed by atoms with van der Waals surface area (Å²) in [6.07, 6.45) is -2.60. The van der Waals surface area contributed by atoms with Crippen LogP contribution in [0.3, 0.4) is 0 Å². The van der Waals surface area contributed by atoms with Crippen molar-refractivity contribution in [3.63, 3.8) is 0 Å². The Hall–Kier alpha value is -3.21. The Morgan fingerprint density at radius 1 is 1.08 bits per heavy atom. The largest absolute Gasteiger partial charge is 0.492 e. The second-order valence-electron chi connectivity index (χ2n) is 9.54. The van der Waals surface area contributed by atoms with Crippen molar-refractivity contribution in [2.24, 2.45) is 0 Å². The Morgan fingerprint density at radius 2 is 1.81 bits per heavy atom. The molecule has 3 aromatic rings. The Balaban J connectivity index is 1.40. The van der Waals surface area contributed by atoms with Crippen molar-refractivity contribution in [1.82, 2.24) is 19.6 Å². The van der Waals surface area contributed by atoms with Gasteiger partial charge in [-0.15, -0.1) is 0 Å². The van der Waals surface area contributed by atoms with Crippen LogP contribution in [0.5, 0.6) is 5.75 Å². The number of rotatable bonds is 10. The van der Waals surface area contributed by atoms with Crippen LogP contribution in [0.4, 0.5) is 23.1 Å². The van der Waals surface area contributed by atoms with E-state index in [2.05, 4.69) is 25.3 Å². The van der Waals surface area contributed by atoms with Gasteiger partial charge >= 0.3 is 0 Å². The van der Waals surface area contributed by atoms with Gasteiger partial charge in [-0.1, -0.05) is 6.07 Å². The summed E-state index contributed by atoms with van der Waals surface area (Å²) in [5.74, 6) is 1.07. The predicted octanol–water partition coefficient (Wildman–Crippen LogP) is 4.82. The number of likely N-dealkylation sites (tertiary alicyclic amines) is 1. The molecule has 0 radical (unpaired) electrons. The van der Waals surface area contributed by atoms with Gasteiger partial charge in [0.15, 0.2) is 0 Å². The van der Waals surface area contributed by atoms with Crippen molar-refractivity contribution in [3.8, 4) is 5.75 Å². The highest BCUT2D eigenvalue weighted by atomic mass is 32.2. The summed E-state index contributed by atoms with van der Waals surface area (Å²) in [6, 6.07) is 13.0. The number of benzene rings is 2. The molecule has 4 rings (SSSR count). The molecular formula is C27H36N6O3S. The summed E-state index contributed by atoms with van der Waals surface area (Å²) >= 11 is 0. The number of ether oxygens (including phenoxy) is 1. The Kier molecular flexibility index (Phi) is 6.14. The molecule has 10 heteroatoms. The molecule has 1 aliphatic heterocycles. The summed E-state index contributed by atoms with van der Waals surface area (Å²) in [5, 5.41) is 6.24. The number of anilines is 4. The summed E-state index contributed by atoms with van der Waals surface area (Å²) in [6.45, 7) is 3.90. The summed E-state index contributed by atoms with van der Waals surface area (Å²) in [5.41, 5.74) is 1.26. The van der Waals surface area contributed by atoms with Gasteiger partial charge in [-0.3, -0.25) is 4.90 Å². The van der Waals surface area contributed by atoms with Crippen LogP contribution in [-0.2, 0) is 10.0 Å². The SMILES string of the molecule is [2H]C(Oc1ccc(Nc2ncc(C)c(Nc3cccc(S(=O)(=O)NC(C)(C)C)c3)n2)cc1)C([2H])N1CC([2H])([2H])C([2H])([2H])C1. The average molecular weight is 531 g/mol. The molecule has 0 saturated carbocycles. The Labute approximate surface area is 228 Å². The molecule has 2 unspecified atom stereocenters. The van der Waals surface area contributed by atoms with Gasteiger partial charge in [-0.25, -0.2) is 18.1 Å². The molecule has 2 heterocycles. The van der Waals surface area contributed by atoms with Crippen LogP contribution in [0.15, 0.2) is 59.6 Å². The van der Waals surface area contributed by atoms with E-state index in [1.165, 1.54) is 17.0 Å². The predicted molar refractivity (Wildman–Crippen MR) is 147 cm³/mol. The number of sulfonamides is 1. The third kappa shape index (κ3) is 7.88. The lowest BCUT2D eigenvalue weighted by atomic mass is 10.1. The number of aryl methyl sites for hydroxylation is 1. The molecule has 9 nitrogen and oxygen atoms in total. The zero-order chi connectivity index (χ0) is 31.8. The van der Waals surface area contributed by atoms with E-state index >= 15 is 0 Å². The van der Waals surface area contributed by atoms with Crippen molar-refractivity contribution in [1.29, 1.82) is 0 Å². The van der Waals surface area contributed by atoms with Gasteiger partial charge in [-0.2, -0.15) is 4.98 Å². The number of hydrogen-bond acceptors (Lipinski definition) is 8. The smallest absolute Gasteiger partial charge is 0.241 e. The second kappa shape index (κ2) is 11.5. The Bertz CT molecular complexity index is 1540. The minimum atomic E-state index is -3.72. The summed E-state index contributed by atoms with van der Waals surface area (Å²) in [4.78, 5) is 10.2. The molecule has 2 aromatic carbocycles. The maximum atomic E-state index is 12.8. The molecule has 37 heavy (non-hydrogen) atoms. The third-order valence-corrected chi connectivity index (χ3v) is 6.85. The Morgan fingerprint density at radius 3 is 2.51 bits per heavy atom. The highest BCUT2D eigenvalue weighted by Crippen LogP contribution is 2.24. The van der Waals surface area contributed by atoms with E-state index in [1.807, 2.05) is 6.92 Å². The van der Waals surface area contributed by atoms with E-state index in [4.69, 9.17) is 13.0 Å². The van der Waals surface area contributed by atoms with Crippen LogP contribution >= 0.6 is 0 Å². The van der Waals surface area contributed by atoms with Crippen molar-refractivity contribution >= 4 is 33.2 Å². The van der Waals surface area contributed by atoms with Crippen LogP contribution < -0.4 is 20.1 Å². The molecule has 1 fully saturated rings. The normalized spacial score (nSPS) is 21.3. The summed E-state index contributed by atoms with van der Waals surface area (Å²) < 4.78 is 81.6. The van der Waals surface area contributed by atoms with Crippen molar-refractivity contribution in [2.75, 3.05) is 36.8 Å². The molecule has 0 aliphatic carbocycles. The first-order valence-electron chi connectivity index (χ1n) is 14.9. The minimum Gasteiger partial charge on any atom is -0.492 e. The van der Waals surface area contributed by atoms with Crippen LogP contribution in [0, 0.1) is 6.92 Å². The maximum Gasteiger partial charge on any atom is 0.241 e. The van der Waals surface area contributed by atoms with E-state index in [-0.39, 0.29) is 23.9 Å². The maximum absolute atomic E-state index is 12.8. The van der Waals surface area contributed by atoms with Gasteiger partial charge in [0.25, 0.3) is 0 Å². The lowest BCUT2D eigenvalue weighted by molar-refractivity contribution is 0.238. The van der Waals surface area contributed by atoms with Crippen molar-refractivity contribution in [2.45, 2.75) is 50.9 Å². The molecule has 2 atom stereocenters. The van der Waals surface area contributed by atoms with Gasteiger partial charge in [0, 0.05) is 42.0 Å². The second-order valence-corrected chi connectivity index (χ2v) is 11.2. The van der Waals surface area contributed by atoms with E-state index < -0.39 is 41.4 Å². The number of aromatic nitrogens is 2. The highest BCUT2D eigenvalue weighted by molar-refractivity contribution is 7.89. The van der Waals surface area contributed by atoms with E-state index in [9.17, 15) is 8.42 Å². The number of nitrogens with zero attached hydrogens (tertiary/aromatic N) is 3. The number of nitrogens with one attached hydrogen (secondary N) is 3. The molecular weight excluding hydrogens is 488 g/mol. The fraction of sp³-hybridized carbons (Fsp3) is 0.407. The van der Waals surface area contributed by atoms with Crippen molar-refractivity contribution < 1.29 is 21.4 Å². The molecule has 0 bridgehead atoms. The van der Waals surface area contributed by atoms with Crippen LogP contribution in [0.2, 0.25) is 0 Å². The standard InChI is InChI=1S/C27H36N6O3S/c1-20-19-28-26(30-21-10-12-23(13-11-21)36-17-16-33-14-5-6-15-33)31-25(20)29-22-8-7-9-24(18-22)37(34,35)32-27(2,3)4/h7-13,18-19,32H,5-6,14-17H2,1-4H3,(H2,28,29,30,31)/i5D2,6D2,16D,17D. The average Bonchev–Trinajstić information content (AvgIpc) is 3.12. The molecule has 198 valence electrons. The molecule has 1 aliphatic rings. The number of hydrogen-bond donors (Lipinski definition) is 3. The lowest BCUT2D eigenvalue weighted by Crippen LogP contribution is -2.40. The molecule has 0 amide bonds. The van der Waals surface area contributed by atoms with Gasteiger partial charge in [-0.05, 0) is 96.0 Å². The molecule has 1 aromatic heterocycles. The quantitative estimate of drug-likeness (QED) is 0.342. The zero-order valence-electron chi connectivity index (χ0n) is 27.2. The van der Waals surface area contributed by atoms with Crippen LogP contribution in [0.1, 0.15) is 47.3 Å². The zero-order valence-corrected chi connectivity index (χ0v) is 22.1. The topological polar surface area (TPSA) is 108 Å². The minimum absolute atomic E-state index is 0.119. The van der Waals surface area contributed by atoms with Crippen molar-refractivity contribution in [3.05, 3.63) is 60.3 Å². The van der Waals surface area contributed by atoms with Gasteiger partial charge in [0.2, 0.25) is 16.0 Å². The van der Waals surface area contributed by atoms with Gasteiger partial charge in [0.1, 0.15) is 18.2 Å². The van der Waals surface area contributed by atoms with Crippen LogP contribution in [0.25, 0.3) is 0 Å². The first kappa shape index (κ1) is 19.8. The van der Waals surface area contributed by atoms with Crippen LogP contribution in [-0.4, -0.2) is 55.0 Å². The molecule has 0 spiro atoms. The third-order valence-electron chi connectivity index (χ3n) is 5.09. The summed E-state index contributed by atoms with van der Waals surface area (Å²) in [7, 11) is -3.72. The monoisotopic (exact) mass is 530 g/mol. The van der Waals surface area contributed by atoms with Gasteiger partial charge in [0.05, 0.1) is 6.27 Å². The highest BCUT2D eigenvalue weighted by Gasteiger charge is 2.22. The first-order valence-corrected chi connectivity index (χ1v) is 13.2. The van der Waals surface area contributed by atoms with E-state index in [0.29, 0.717) is 22.9 Å². The molecule has 1 saturated heterocycles. The van der Waals surface area contributed by atoms with E-state index in [0.717, 1.165) is 5.56 Å². The fourth-order valence-electron chi connectivity index (χ4n) is 3.39. The van der Waals surface area contributed by atoms with Gasteiger partial charge < -0.3 is 15.4 Å². The van der Waals surface area contributed by atoms with E-state index in [1.54, 1.807) is 63.4 Å².